The summed E-state index contributed by atoms with van der Waals surface area (Å²) >= 11 is 0. The topological polar surface area (TPSA) is 66.2 Å². The lowest BCUT2D eigenvalue weighted by molar-refractivity contribution is 0.00322. The molecule has 0 bridgehead atoms. The zero-order valence-corrected chi connectivity index (χ0v) is 10.8. The Labute approximate surface area is 116 Å². The minimum Gasteiger partial charge on any atom is -0.360 e. The number of ether oxygens (including phenoxy) is 1. The SMILES string of the molecule is N#CC1CN(C(=O)c2ccc3ccccc3n2)CCO1. The van der Waals surface area contributed by atoms with Crippen molar-refractivity contribution >= 4 is 16.8 Å². The van der Waals surface area contributed by atoms with E-state index in [9.17, 15) is 4.79 Å². The first-order chi connectivity index (χ1) is 9.78. The van der Waals surface area contributed by atoms with Crippen LogP contribution in [0.2, 0.25) is 0 Å². The normalized spacial score (nSPS) is 18.8. The standard InChI is InChI=1S/C15H13N3O2/c16-9-12-10-18(7-8-20-12)15(19)14-6-5-11-3-1-2-4-13(11)17-14/h1-6,12H,7-8,10H2. The number of hydrogen-bond acceptors (Lipinski definition) is 4. The molecule has 3 rings (SSSR count). The maximum Gasteiger partial charge on any atom is 0.272 e. The Morgan fingerprint density at radius 3 is 3.05 bits per heavy atom. The second kappa shape index (κ2) is 5.27. The number of para-hydroxylation sites is 1. The molecule has 1 aliphatic rings. The summed E-state index contributed by atoms with van der Waals surface area (Å²) in [6.07, 6.45) is -0.548. The summed E-state index contributed by atoms with van der Waals surface area (Å²) in [5.41, 5.74) is 1.20. The molecule has 0 N–H and O–H groups in total. The van der Waals surface area contributed by atoms with E-state index < -0.39 is 6.10 Å². The van der Waals surface area contributed by atoms with E-state index in [2.05, 4.69) is 4.98 Å². The van der Waals surface area contributed by atoms with Crippen molar-refractivity contribution in [2.75, 3.05) is 19.7 Å². The second-order valence-electron chi connectivity index (χ2n) is 4.63. The van der Waals surface area contributed by atoms with E-state index in [0.29, 0.717) is 25.4 Å². The molecule has 0 aliphatic carbocycles. The summed E-state index contributed by atoms with van der Waals surface area (Å²) < 4.78 is 5.24. The maximum absolute atomic E-state index is 12.4. The number of hydrogen-bond donors (Lipinski definition) is 0. The van der Waals surface area contributed by atoms with Crippen molar-refractivity contribution < 1.29 is 9.53 Å². The van der Waals surface area contributed by atoms with Crippen LogP contribution in [0.5, 0.6) is 0 Å². The average molecular weight is 267 g/mol. The number of nitriles is 1. The second-order valence-corrected chi connectivity index (χ2v) is 4.63. The van der Waals surface area contributed by atoms with Crippen molar-refractivity contribution in [1.29, 1.82) is 5.26 Å². The monoisotopic (exact) mass is 267 g/mol. The summed E-state index contributed by atoms with van der Waals surface area (Å²) in [6, 6.07) is 13.3. The van der Waals surface area contributed by atoms with E-state index >= 15 is 0 Å². The molecule has 1 aromatic heterocycles. The highest BCUT2D eigenvalue weighted by Gasteiger charge is 2.25. The lowest BCUT2D eigenvalue weighted by atomic mass is 10.2. The Hall–Kier alpha value is -2.45. The van der Waals surface area contributed by atoms with E-state index in [1.54, 1.807) is 11.0 Å². The van der Waals surface area contributed by atoms with Crippen LogP contribution >= 0.6 is 0 Å². The van der Waals surface area contributed by atoms with Crippen LogP contribution in [0.15, 0.2) is 36.4 Å². The van der Waals surface area contributed by atoms with Crippen molar-refractivity contribution in [2.45, 2.75) is 6.10 Å². The molecule has 100 valence electrons. The summed E-state index contributed by atoms with van der Waals surface area (Å²) in [5.74, 6) is -0.153. The maximum atomic E-state index is 12.4. The number of benzene rings is 1. The van der Waals surface area contributed by atoms with Gasteiger partial charge in [0.05, 0.1) is 24.7 Å². The number of morpholine rings is 1. The lowest BCUT2D eigenvalue weighted by Gasteiger charge is -2.29. The van der Waals surface area contributed by atoms with Crippen LogP contribution in [0, 0.1) is 11.3 Å². The Morgan fingerprint density at radius 2 is 2.20 bits per heavy atom. The van der Waals surface area contributed by atoms with E-state index in [0.717, 1.165) is 10.9 Å². The van der Waals surface area contributed by atoms with Gasteiger partial charge in [0.15, 0.2) is 6.10 Å². The van der Waals surface area contributed by atoms with Crippen molar-refractivity contribution in [3.63, 3.8) is 0 Å². The number of amides is 1. The fourth-order valence-corrected chi connectivity index (χ4v) is 2.26. The fraction of sp³-hybridized carbons (Fsp3) is 0.267. The largest absolute Gasteiger partial charge is 0.360 e. The summed E-state index contributed by atoms with van der Waals surface area (Å²) in [6.45, 7) is 1.17. The first-order valence-corrected chi connectivity index (χ1v) is 6.44. The summed E-state index contributed by atoms with van der Waals surface area (Å²) in [4.78, 5) is 18.4. The van der Waals surface area contributed by atoms with Crippen LogP contribution in [0.4, 0.5) is 0 Å². The Bertz CT molecular complexity index is 693. The minimum atomic E-state index is -0.548. The summed E-state index contributed by atoms with van der Waals surface area (Å²) in [7, 11) is 0. The van der Waals surface area contributed by atoms with Gasteiger partial charge in [0.2, 0.25) is 0 Å². The van der Waals surface area contributed by atoms with Crippen LogP contribution in [0.25, 0.3) is 10.9 Å². The molecule has 1 unspecified atom stereocenters. The van der Waals surface area contributed by atoms with Gasteiger partial charge >= 0.3 is 0 Å². The first-order valence-electron chi connectivity index (χ1n) is 6.44. The predicted molar refractivity (Wildman–Crippen MR) is 73.0 cm³/mol. The van der Waals surface area contributed by atoms with Gasteiger partial charge in [0, 0.05) is 11.9 Å². The molecule has 1 aromatic carbocycles. The van der Waals surface area contributed by atoms with Gasteiger partial charge in [-0.2, -0.15) is 5.26 Å². The molecule has 2 aromatic rings. The third kappa shape index (κ3) is 2.33. The molecule has 0 spiro atoms. The molecule has 1 amide bonds. The number of carbonyl (C=O) groups is 1. The number of fused-ring (bicyclic) bond motifs is 1. The number of carbonyl (C=O) groups excluding carboxylic acids is 1. The number of rotatable bonds is 1. The van der Waals surface area contributed by atoms with Crippen LogP contribution in [0.3, 0.4) is 0 Å². The highest BCUT2D eigenvalue weighted by Crippen LogP contribution is 2.14. The highest BCUT2D eigenvalue weighted by atomic mass is 16.5. The zero-order valence-electron chi connectivity index (χ0n) is 10.8. The Kier molecular flexibility index (Phi) is 3.32. The molecule has 5 heteroatoms. The summed E-state index contributed by atoms with van der Waals surface area (Å²) in [5, 5.41) is 9.87. The van der Waals surface area contributed by atoms with Crippen LogP contribution in [0.1, 0.15) is 10.5 Å². The Balaban J connectivity index is 1.86. The highest BCUT2D eigenvalue weighted by molar-refractivity contribution is 5.95. The quantitative estimate of drug-likeness (QED) is 0.787. The molecular weight excluding hydrogens is 254 g/mol. The van der Waals surface area contributed by atoms with Crippen molar-refractivity contribution in [1.82, 2.24) is 9.88 Å². The van der Waals surface area contributed by atoms with Crippen molar-refractivity contribution in [3.05, 3.63) is 42.1 Å². The molecule has 2 heterocycles. The third-order valence-electron chi connectivity index (χ3n) is 3.32. The lowest BCUT2D eigenvalue weighted by Crippen LogP contribution is -2.45. The molecular formula is C15H13N3O2. The molecule has 20 heavy (non-hydrogen) atoms. The molecule has 0 saturated carbocycles. The zero-order chi connectivity index (χ0) is 13.9. The fourth-order valence-electron chi connectivity index (χ4n) is 2.26. The molecule has 1 saturated heterocycles. The molecule has 1 aliphatic heterocycles. The Morgan fingerprint density at radius 1 is 1.35 bits per heavy atom. The smallest absolute Gasteiger partial charge is 0.272 e. The minimum absolute atomic E-state index is 0.153. The number of aromatic nitrogens is 1. The average Bonchev–Trinajstić information content (AvgIpc) is 2.53. The van der Waals surface area contributed by atoms with Gasteiger partial charge in [-0.1, -0.05) is 24.3 Å². The van der Waals surface area contributed by atoms with Crippen LogP contribution < -0.4 is 0 Å². The van der Waals surface area contributed by atoms with Gasteiger partial charge in [-0.05, 0) is 12.1 Å². The van der Waals surface area contributed by atoms with Gasteiger partial charge < -0.3 is 9.64 Å². The van der Waals surface area contributed by atoms with E-state index in [1.165, 1.54) is 0 Å². The molecule has 1 atom stereocenters. The number of nitrogens with zero attached hydrogens (tertiary/aromatic N) is 3. The first kappa shape index (κ1) is 12.6. The van der Waals surface area contributed by atoms with Crippen molar-refractivity contribution in [2.24, 2.45) is 0 Å². The van der Waals surface area contributed by atoms with E-state index in [1.807, 2.05) is 36.4 Å². The van der Waals surface area contributed by atoms with Gasteiger partial charge in [0.25, 0.3) is 5.91 Å². The van der Waals surface area contributed by atoms with Gasteiger partial charge in [0.1, 0.15) is 5.69 Å². The van der Waals surface area contributed by atoms with Crippen LogP contribution in [-0.2, 0) is 4.74 Å². The molecule has 1 fully saturated rings. The van der Waals surface area contributed by atoms with Gasteiger partial charge in [-0.3, -0.25) is 4.79 Å². The molecule has 5 nitrogen and oxygen atoms in total. The van der Waals surface area contributed by atoms with E-state index in [4.69, 9.17) is 10.00 Å². The predicted octanol–water partition coefficient (Wildman–Crippen LogP) is 1.60. The van der Waals surface area contributed by atoms with Crippen LogP contribution in [-0.4, -0.2) is 41.6 Å². The van der Waals surface area contributed by atoms with E-state index in [-0.39, 0.29) is 5.91 Å². The van der Waals surface area contributed by atoms with Gasteiger partial charge in [-0.25, -0.2) is 4.98 Å². The van der Waals surface area contributed by atoms with Crippen molar-refractivity contribution in [3.8, 4) is 6.07 Å². The molecule has 0 radical (unpaired) electrons. The van der Waals surface area contributed by atoms with Gasteiger partial charge in [-0.15, -0.1) is 0 Å². The third-order valence-corrected chi connectivity index (χ3v) is 3.32. The number of pyridine rings is 1.